The van der Waals surface area contributed by atoms with Crippen LogP contribution >= 0.6 is 0 Å². The standard InChI is InChI=1S/C13H14O3/c1-16-13-7-6-10(12(15)8-14)9-4-2-3-5-11(9)13/h2-7,12,14-15H,8H2,1H3. The van der Waals surface area contributed by atoms with Crippen molar-refractivity contribution in [3.8, 4) is 5.75 Å². The van der Waals surface area contributed by atoms with Gasteiger partial charge in [-0.2, -0.15) is 0 Å². The van der Waals surface area contributed by atoms with Crippen molar-refractivity contribution < 1.29 is 14.9 Å². The van der Waals surface area contributed by atoms with E-state index in [0.29, 0.717) is 0 Å². The molecule has 0 spiro atoms. The van der Waals surface area contributed by atoms with Crippen molar-refractivity contribution in [1.82, 2.24) is 0 Å². The molecule has 2 aromatic rings. The van der Waals surface area contributed by atoms with Crippen LogP contribution in [0.3, 0.4) is 0 Å². The van der Waals surface area contributed by atoms with Crippen molar-refractivity contribution in [2.75, 3.05) is 13.7 Å². The van der Waals surface area contributed by atoms with Crippen LogP contribution in [0.15, 0.2) is 36.4 Å². The van der Waals surface area contributed by atoms with E-state index < -0.39 is 6.10 Å². The number of aliphatic hydroxyl groups is 2. The summed E-state index contributed by atoms with van der Waals surface area (Å²) in [6.07, 6.45) is -0.851. The lowest BCUT2D eigenvalue weighted by molar-refractivity contribution is 0.0967. The molecule has 3 heteroatoms. The highest BCUT2D eigenvalue weighted by Gasteiger charge is 2.12. The quantitative estimate of drug-likeness (QED) is 0.827. The Kier molecular flexibility index (Phi) is 3.08. The third kappa shape index (κ3) is 1.75. The second-order valence-electron chi connectivity index (χ2n) is 3.60. The summed E-state index contributed by atoms with van der Waals surface area (Å²) >= 11 is 0. The second kappa shape index (κ2) is 4.51. The fourth-order valence-corrected chi connectivity index (χ4v) is 1.86. The van der Waals surface area contributed by atoms with Gasteiger partial charge in [0.25, 0.3) is 0 Å². The molecule has 0 aliphatic heterocycles. The number of hydrogen-bond acceptors (Lipinski definition) is 3. The van der Waals surface area contributed by atoms with Crippen molar-refractivity contribution in [3.05, 3.63) is 42.0 Å². The topological polar surface area (TPSA) is 49.7 Å². The molecule has 0 saturated carbocycles. The van der Waals surface area contributed by atoms with Crippen LogP contribution in [0.2, 0.25) is 0 Å². The van der Waals surface area contributed by atoms with E-state index in [4.69, 9.17) is 9.84 Å². The highest BCUT2D eigenvalue weighted by molar-refractivity contribution is 5.91. The van der Waals surface area contributed by atoms with Crippen molar-refractivity contribution >= 4 is 10.8 Å². The smallest absolute Gasteiger partial charge is 0.126 e. The molecule has 1 atom stereocenters. The third-order valence-corrected chi connectivity index (χ3v) is 2.67. The van der Waals surface area contributed by atoms with Gasteiger partial charge in [-0.1, -0.05) is 30.3 Å². The van der Waals surface area contributed by atoms with Crippen molar-refractivity contribution in [2.45, 2.75) is 6.10 Å². The van der Waals surface area contributed by atoms with Gasteiger partial charge in [0.05, 0.1) is 13.7 Å². The summed E-state index contributed by atoms with van der Waals surface area (Å²) < 4.78 is 5.25. The maximum absolute atomic E-state index is 9.70. The average molecular weight is 218 g/mol. The molecular formula is C13H14O3. The van der Waals surface area contributed by atoms with Crippen LogP contribution in [0.4, 0.5) is 0 Å². The molecule has 3 nitrogen and oxygen atoms in total. The summed E-state index contributed by atoms with van der Waals surface area (Å²) in [4.78, 5) is 0. The largest absolute Gasteiger partial charge is 0.496 e. The first-order valence-corrected chi connectivity index (χ1v) is 5.12. The fraction of sp³-hybridized carbons (Fsp3) is 0.231. The molecule has 2 aromatic carbocycles. The average Bonchev–Trinajstić information content (AvgIpc) is 2.36. The van der Waals surface area contributed by atoms with E-state index in [-0.39, 0.29) is 6.61 Å². The molecule has 1 unspecified atom stereocenters. The van der Waals surface area contributed by atoms with Gasteiger partial charge in [-0.3, -0.25) is 0 Å². The zero-order chi connectivity index (χ0) is 11.5. The molecule has 0 aliphatic carbocycles. The minimum Gasteiger partial charge on any atom is -0.496 e. The van der Waals surface area contributed by atoms with Crippen molar-refractivity contribution in [1.29, 1.82) is 0 Å². The van der Waals surface area contributed by atoms with E-state index in [2.05, 4.69) is 0 Å². The molecule has 2 rings (SSSR count). The predicted octanol–water partition coefficient (Wildman–Crippen LogP) is 1.87. The van der Waals surface area contributed by atoms with Crippen LogP contribution in [0.25, 0.3) is 10.8 Å². The lowest BCUT2D eigenvalue weighted by atomic mass is 10.00. The molecule has 0 saturated heterocycles. The number of ether oxygens (including phenoxy) is 1. The minimum atomic E-state index is -0.851. The number of aliphatic hydroxyl groups excluding tert-OH is 2. The van der Waals surface area contributed by atoms with Crippen molar-refractivity contribution in [3.63, 3.8) is 0 Å². The molecule has 84 valence electrons. The summed E-state index contributed by atoms with van der Waals surface area (Å²) in [6, 6.07) is 11.2. The Morgan fingerprint density at radius 2 is 1.81 bits per heavy atom. The maximum atomic E-state index is 9.70. The van der Waals surface area contributed by atoms with E-state index in [9.17, 15) is 5.11 Å². The summed E-state index contributed by atoms with van der Waals surface area (Å²) in [5.74, 6) is 0.768. The Morgan fingerprint density at radius 1 is 1.12 bits per heavy atom. The molecular weight excluding hydrogens is 204 g/mol. The van der Waals surface area contributed by atoms with E-state index in [1.165, 1.54) is 0 Å². The highest BCUT2D eigenvalue weighted by atomic mass is 16.5. The van der Waals surface area contributed by atoms with Gasteiger partial charge in [0.2, 0.25) is 0 Å². The van der Waals surface area contributed by atoms with Crippen LogP contribution in [0, 0.1) is 0 Å². The number of rotatable bonds is 3. The van der Waals surface area contributed by atoms with E-state index in [1.807, 2.05) is 24.3 Å². The Labute approximate surface area is 93.9 Å². The molecule has 2 N–H and O–H groups in total. The van der Waals surface area contributed by atoms with Gasteiger partial charge in [-0.05, 0) is 17.0 Å². The monoisotopic (exact) mass is 218 g/mol. The van der Waals surface area contributed by atoms with Crippen LogP contribution in [0.1, 0.15) is 11.7 Å². The van der Waals surface area contributed by atoms with Gasteiger partial charge < -0.3 is 14.9 Å². The Hall–Kier alpha value is -1.58. The first kappa shape index (κ1) is 10.9. The number of fused-ring (bicyclic) bond motifs is 1. The zero-order valence-corrected chi connectivity index (χ0v) is 9.05. The van der Waals surface area contributed by atoms with E-state index >= 15 is 0 Å². The van der Waals surface area contributed by atoms with Gasteiger partial charge in [-0.15, -0.1) is 0 Å². The first-order chi connectivity index (χ1) is 7.77. The molecule has 0 radical (unpaired) electrons. The number of methoxy groups -OCH3 is 1. The van der Waals surface area contributed by atoms with Gasteiger partial charge in [0.15, 0.2) is 0 Å². The number of hydrogen-bond donors (Lipinski definition) is 2. The lowest BCUT2D eigenvalue weighted by Gasteiger charge is -2.13. The minimum absolute atomic E-state index is 0.281. The molecule has 0 heterocycles. The van der Waals surface area contributed by atoms with Crippen LogP contribution < -0.4 is 4.74 Å². The Morgan fingerprint density at radius 3 is 2.44 bits per heavy atom. The molecule has 0 aromatic heterocycles. The maximum Gasteiger partial charge on any atom is 0.126 e. The van der Waals surface area contributed by atoms with Crippen molar-refractivity contribution in [2.24, 2.45) is 0 Å². The summed E-state index contributed by atoms with van der Waals surface area (Å²) in [5, 5.41) is 20.5. The predicted molar refractivity (Wildman–Crippen MR) is 62.5 cm³/mol. The van der Waals surface area contributed by atoms with Gasteiger partial charge in [0, 0.05) is 5.39 Å². The molecule has 0 fully saturated rings. The summed E-state index contributed by atoms with van der Waals surface area (Å²) in [6.45, 7) is -0.281. The lowest BCUT2D eigenvalue weighted by Crippen LogP contribution is -2.03. The molecule has 0 bridgehead atoms. The summed E-state index contributed by atoms with van der Waals surface area (Å²) in [7, 11) is 1.61. The second-order valence-corrected chi connectivity index (χ2v) is 3.60. The Bertz CT molecular complexity index is 494. The Balaban J connectivity index is 2.69. The highest BCUT2D eigenvalue weighted by Crippen LogP contribution is 2.31. The SMILES string of the molecule is COc1ccc(C(O)CO)c2ccccc12. The third-order valence-electron chi connectivity index (χ3n) is 2.67. The van der Waals surface area contributed by atoms with E-state index in [0.717, 1.165) is 22.1 Å². The van der Waals surface area contributed by atoms with Crippen LogP contribution in [-0.2, 0) is 0 Å². The number of benzene rings is 2. The van der Waals surface area contributed by atoms with Crippen LogP contribution in [0.5, 0.6) is 5.75 Å². The van der Waals surface area contributed by atoms with Gasteiger partial charge in [0.1, 0.15) is 11.9 Å². The van der Waals surface area contributed by atoms with Crippen LogP contribution in [-0.4, -0.2) is 23.9 Å². The van der Waals surface area contributed by atoms with Gasteiger partial charge >= 0.3 is 0 Å². The fourth-order valence-electron chi connectivity index (χ4n) is 1.86. The molecule has 0 aliphatic rings. The molecule has 0 amide bonds. The summed E-state index contributed by atoms with van der Waals surface area (Å²) in [5.41, 5.74) is 0.721. The normalized spacial score (nSPS) is 12.7. The first-order valence-electron chi connectivity index (χ1n) is 5.12. The molecule has 16 heavy (non-hydrogen) atoms. The van der Waals surface area contributed by atoms with E-state index in [1.54, 1.807) is 19.2 Å². The zero-order valence-electron chi connectivity index (χ0n) is 9.05. The van der Waals surface area contributed by atoms with Gasteiger partial charge in [-0.25, -0.2) is 0 Å².